The van der Waals surface area contributed by atoms with E-state index in [-0.39, 0.29) is 24.9 Å². The molecule has 0 saturated carbocycles. The van der Waals surface area contributed by atoms with Crippen LogP contribution in [0.15, 0.2) is 48.5 Å². The molecule has 0 aliphatic carbocycles. The number of rotatable bonds is 6. The molecule has 0 N–H and O–H groups in total. The van der Waals surface area contributed by atoms with Crippen molar-refractivity contribution in [2.75, 3.05) is 13.7 Å². The van der Waals surface area contributed by atoms with E-state index in [1.807, 2.05) is 28.8 Å². The van der Waals surface area contributed by atoms with E-state index >= 15 is 0 Å². The third-order valence-corrected chi connectivity index (χ3v) is 5.38. The summed E-state index contributed by atoms with van der Waals surface area (Å²) in [5.41, 5.74) is 4.01. The highest BCUT2D eigenvalue weighted by molar-refractivity contribution is 5.94. The fourth-order valence-corrected chi connectivity index (χ4v) is 3.77. The smallest absolute Gasteiger partial charge is 0.254 e. The summed E-state index contributed by atoms with van der Waals surface area (Å²) in [5.74, 6) is 0.333. The van der Waals surface area contributed by atoms with Crippen molar-refractivity contribution < 1.29 is 18.7 Å². The van der Waals surface area contributed by atoms with Gasteiger partial charge in [-0.1, -0.05) is 24.3 Å². The van der Waals surface area contributed by atoms with E-state index in [9.17, 15) is 9.18 Å². The lowest BCUT2D eigenvalue weighted by Crippen LogP contribution is -2.36. The summed E-state index contributed by atoms with van der Waals surface area (Å²) in [6.45, 7) is 1.53. The Morgan fingerprint density at radius 2 is 2.00 bits per heavy atom. The summed E-state index contributed by atoms with van der Waals surface area (Å²) in [6, 6.07) is 13.7. The van der Waals surface area contributed by atoms with Crippen LogP contribution in [0.2, 0.25) is 0 Å². The van der Waals surface area contributed by atoms with E-state index in [4.69, 9.17) is 9.47 Å². The zero-order valence-electron chi connectivity index (χ0n) is 17.1. The van der Waals surface area contributed by atoms with Crippen LogP contribution in [0.4, 0.5) is 4.39 Å². The molecule has 2 heterocycles. The van der Waals surface area contributed by atoms with E-state index in [0.717, 1.165) is 23.4 Å². The number of carbonyl (C=O) groups excluding carboxylic acids is 1. The number of ether oxygens (including phenoxy) is 2. The first-order chi connectivity index (χ1) is 14.6. The molecule has 156 valence electrons. The van der Waals surface area contributed by atoms with Gasteiger partial charge in [0.2, 0.25) is 0 Å². The van der Waals surface area contributed by atoms with Crippen molar-refractivity contribution in [1.29, 1.82) is 0 Å². The molecule has 0 bridgehead atoms. The van der Waals surface area contributed by atoms with Gasteiger partial charge in [-0.05, 0) is 24.3 Å². The number of amides is 1. The molecule has 1 amide bonds. The number of aryl methyl sites for hydroxylation is 1. The average Bonchev–Trinajstić information content (AvgIpc) is 3.09. The van der Waals surface area contributed by atoms with Crippen molar-refractivity contribution in [2.45, 2.75) is 26.2 Å². The number of nitrogens with zero attached hydrogens (tertiary/aromatic N) is 3. The third-order valence-electron chi connectivity index (χ3n) is 5.38. The van der Waals surface area contributed by atoms with E-state index in [1.165, 1.54) is 6.07 Å². The van der Waals surface area contributed by atoms with Gasteiger partial charge < -0.3 is 14.4 Å². The second-order valence-corrected chi connectivity index (χ2v) is 7.29. The molecule has 1 aliphatic rings. The first-order valence-electron chi connectivity index (χ1n) is 9.85. The van der Waals surface area contributed by atoms with Gasteiger partial charge in [0.05, 0.1) is 26.0 Å². The van der Waals surface area contributed by atoms with Crippen molar-refractivity contribution in [3.8, 4) is 5.75 Å². The molecule has 0 atom stereocenters. The summed E-state index contributed by atoms with van der Waals surface area (Å²) >= 11 is 0. The molecular formula is C23H24FN3O3. The predicted molar refractivity (Wildman–Crippen MR) is 110 cm³/mol. The Morgan fingerprint density at radius 1 is 1.17 bits per heavy atom. The van der Waals surface area contributed by atoms with Crippen LogP contribution in [0, 0.1) is 5.82 Å². The summed E-state index contributed by atoms with van der Waals surface area (Å²) in [5, 5.41) is 4.58. The van der Waals surface area contributed by atoms with Gasteiger partial charge >= 0.3 is 0 Å². The fourth-order valence-electron chi connectivity index (χ4n) is 3.77. The first-order valence-corrected chi connectivity index (χ1v) is 9.85. The van der Waals surface area contributed by atoms with Gasteiger partial charge in [0.25, 0.3) is 5.91 Å². The van der Waals surface area contributed by atoms with E-state index in [0.29, 0.717) is 30.0 Å². The fraction of sp³-hybridized carbons (Fsp3) is 0.304. The normalized spacial score (nSPS) is 13.2. The van der Waals surface area contributed by atoms with Gasteiger partial charge in [-0.25, -0.2) is 4.39 Å². The van der Waals surface area contributed by atoms with Crippen LogP contribution in [0.3, 0.4) is 0 Å². The maximum absolute atomic E-state index is 13.8. The highest BCUT2D eigenvalue weighted by Crippen LogP contribution is 2.25. The molecule has 6 nitrogen and oxygen atoms in total. The van der Waals surface area contributed by atoms with Crippen molar-refractivity contribution in [3.05, 3.63) is 82.4 Å². The number of benzene rings is 2. The van der Waals surface area contributed by atoms with Gasteiger partial charge in [0.1, 0.15) is 11.6 Å². The van der Waals surface area contributed by atoms with E-state index < -0.39 is 0 Å². The van der Waals surface area contributed by atoms with Crippen LogP contribution >= 0.6 is 0 Å². The van der Waals surface area contributed by atoms with Crippen molar-refractivity contribution in [1.82, 2.24) is 14.7 Å². The van der Waals surface area contributed by atoms with Crippen LogP contribution in [-0.2, 0) is 38.0 Å². The minimum absolute atomic E-state index is 0.0402. The third kappa shape index (κ3) is 4.07. The van der Waals surface area contributed by atoms with Gasteiger partial charge in [-0.2, -0.15) is 5.10 Å². The van der Waals surface area contributed by atoms with Gasteiger partial charge in [-0.3, -0.25) is 9.48 Å². The molecule has 3 aromatic rings. The predicted octanol–water partition coefficient (Wildman–Crippen LogP) is 3.48. The monoisotopic (exact) mass is 409 g/mol. The SMILES string of the molecule is COc1cccc(C(=O)N2CCc3c(c(COCc4ccccc4F)nn3C)C2)c1. The van der Waals surface area contributed by atoms with Crippen LogP contribution < -0.4 is 4.74 Å². The van der Waals surface area contributed by atoms with Gasteiger partial charge in [0, 0.05) is 48.9 Å². The molecule has 0 unspecified atom stereocenters. The zero-order chi connectivity index (χ0) is 21.1. The molecule has 0 fully saturated rings. The van der Waals surface area contributed by atoms with Gasteiger partial charge in [-0.15, -0.1) is 0 Å². The van der Waals surface area contributed by atoms with Crippen LogP contribution in [0.1, 0.15) is 32.9 Å². The topological polar surface area (TPSA) is 56.6 Å². The van der Waals surface area contributed by atoms with E-state index in [1.54, 1.807) is 37.4 Å². The van der Waals surface area contributed by atoms with Crippen LogP contribution in [0.5, 0.6) is 5.75 Å². The average molecular weight is 409 g/mol. The molecule has 1 aliphatic heterocycles. The molecule has 0 saturated heterocycles. The summed E-state index contributed by atoms with van der Waals surface area (Å²) in [6.07, 6.45) is 0.724. The Bertz CT molecular complexity index is 1060. The lowest BCUT2D eigenvalue weighted by atomic mass is 10.0. The molecule has 0 spiro atoms. The molecule has 4 rings (SSSR count). The Balaban J connectivity index is 1.47. The summed E-state index contributed by atoms with van der Waals surface area (Å²) < 4.78 is 26.6. The highest BCUT2D eigenvalue weighted by Gasteiger charge is 2.27. The molecule has 1 aromatic heterocycles. The maximum atomic E-state index is 13.8. The number of methoxy groups -OCH3 is 1. The summed E-state index contributed by atoms with van der Waals surface area (Å²) in [4.78, 5) is 14.8. The summed E-state index contributed by atoms with van der Waals surface area (Å²) in [7, 11) is 3.48. The standard InChI is InChI=1S/C23H24FN3O3/c1-26-22-10-11-27(23(28)16-7-5-8-18(12-16)29-2)13-19(22)21(25-26)15-30-14-17-6-3-4-9-20(17)24/h3-9,12H,10-11,13-15H2,1-2H3. The molecule has 7 heteroatoms. The largest absolute Gasteiger partial charge is 0.497 e. The van der Waals surface area contributed by atoms with Crippen LogP contribution in [-0.4, -0.2) is 34.2 Å². The number of fused-ring (bicyclic) bond motifs is 1. The first kappa shape index (κ1) is 20.1. The quantitative estimate of drug-likeness (QED) is 0.626. The lowest BCUT2D eigenvalue weighted by molar-refractivity contribution is 0.0727. The lowest BCUT2D eigenvalue weighted by Gasteiger charge is -2.28. The Morgan fingerprint density at radius 3 is 2.80 bits per heavy atom. The second-order valence-electron chi connectivity index (χ2n) is 7.29. The van der Waals surface area contributed by atoms with Crippen molar-refractivity contribution in [3.63, 3.8) is 0 Å². The number of halogens is 1. The second kappa shape index (κ2) is 8.67. The minimum atomic E-state index is -0.282. The zero-order valence-corrected chi connectivity index (χ0v) is 17.1. The Kier molecular flexibility index (Phi) is 5.81. The van der Waals surface area contributed by atoms with Crippen LogP contribution in [0.25, 0.3) is 0 Å². The van der Waals surface area contributed by atoms with Gasteiger partial charge in [0.15, 0.2) is 0 Å². The Hall–Kier alpha value is -3.19. The number of carbonyl (C=O) groups is 1. The van der Waals surface area contributed by atoms with E-state index in [2.05, 4.69) is 5.10 Å². The number of hydrogen-bond acceptors (Lipinski definition) is 4. The Labute approximate surface area is 174 Å². The highest BCUT2D eigenvalue weighted by atomic mass is 19.1. The molecule has 2 aromatic carbocycles. The minimum Gasteiger partial charge on any atom is -0.497 e. The van der Waals surface area contributed by atoms with Crippen molar-refractivity contribution >= 4 is 5.91 Å². The number of hydrogen-bond donors (Lipinski definition) is 0. The maximum Gasteiger partial charge on any atom is 0.254 e. The molecular weight excluding hydrogens is 385 g/mol. The molecule has 30 heavy (non-hydrogen) atoms. The van der Waals surface area contributed by atoms with Crippen molar-refractivity contribution in [2.24, 2.45) is 7.05 Å². The molecule has 0 radical (unpaired) electrons. The number of aromatic nitrogens is 2.